The molecule has 0 aliphatic carbocycles. The maximum atomic E-state index is 15.2. The Labute approximate surface area is 233 Å². The molecule has 3 aliphatic heterocycles. The van der Waals surface area contributed by atoms with Crippen molar-refractivity contribution in [3.8, 4) is 0 Å². The third kappa shape index (κ3) is 5.21. The Kier molecular flexibility index (Phi) is 6.61. The lowest BCUT2D eigenvalue weighted by Crippen LogP contribution is -2.50. The molecule has 3 aliphatic rings. The van der Waals surface area contributed by atoms with E-state index in [0.717, 1.165) is 34.9 Å². The van der Waals surface area contributed by atoms with Gasteiger partial charge in [0, 0.05) is 55.7 Å². The average molecular weight is 542 g/mol. The molecular weight excluding hydrogens is 509 g/mol. The van der Waals surface area contributed by atoms with Gasteiger partial charge < -0.3 is 24.8 Å². The lowest BCUT2D eigenvalue weighted by atomic mass is 9.99. The molecule has 10 heteroatoms. The molecule has 1 aromatic heterocycles. The summed E-state index contributed by atoms with van der Waals surface area (Å²) in [7, 11) is 0. The van der Waals surface area contributed by atoms with E-state index in [2.05, 4.69) is 33.4 Å². The summed E-state index contributed by atoms with van der Waals surface area (Å²) in [6.07, 6.45) is 3.53. The van der Waals surface area contributed by atoms with Crippen LogP contribution >= 0.6 is 0 Å². The second kappa shape index (κ2) is 10.3. The fraction of sp³-hybridized carbons (Fsp3) is 0.333. The van der Waals surface area contributed by atoms with Crippen LogP contribution in [-0.4, -0.2) is 71.7 Å². The number of amides is 1. The van der Waals surface area contributed by atoms with Gasteiger partial charge >= 0.3 is 6.09 Å². The van der Waals surface area contributed by atoms with Gasteiger partial charge in [-0.15, -0.1) is 0 Å². The van der Waals surface area contributed by atoms with E-state index in [1.54, 1.807) is 17.2 Å². The summed E-state index contributed by atoms with van der Waals surface area (Å²) >= 11 is 0. The van der Waals surface area contributed by atoms with Crippen LogP contribution in [0.5, 0.6) is 0 Å². The summed E-state index contributed by atoms with van der Waals surface area (Å²) in [4.78, 5) is 32.1. The van der Waals surface area contributed by atoms with Crippen LogP contribution in [-0.2, 0) is 4.74 Å². The highest BCUT2D eigenvalue weighted by Crippen LogP contribution is 2.35. The predicted octanol–water partition coefficient (Wildman–Crippen LogP) is 5.19. The van der Waals surface area contributed by atoms with Crippen LogP contribution in [0, 0.1) is 5.82 Å². The summed E-state index contributed by atoms with van der Waals surface area (Å²) in [5.74, 6) is 1.73. The molecule has 0 bridgehead atoms. The molecule has 0 unspecified atom stereocenters. The molecule has 40 heavy (non-hydrogen) atoms. The number of amidine groups is 1. The minimum atomic E-state index is -0.545. The number of nitrogens with zero attached hydrogens (tertiary/aromatic N) is 6. The van der Waals surface area contributed by atoms with Gasteiger partial charge in [0.1, 0.15) is 23.1 Å². The number of benzene rings is 2. The van der Waals surface area contributed by atoms with Crippen LogP contribution in [0.15, 0.2) is 59.7 Å². The number of hydrogen-bond acceptors (Lipinski definition) is 8. The quantitative estimate of drug-likeness (QED) is 0.487. The van der Waals surface area contributed by atoms with Crippen molar-refractivity contribution in [2.24, 2.45) is 4.99 Å². The molecule has 1 amide bonds. The number of aromatic nitrogens is 2. The van der Waals surface area contributed by atoms with Gasteiger partial charge in [0.05, 0.1) is 12.2 Å². The second-order valence-corrected chi connectivity index (χ2v) is 11.0. The molecule has 0 atom stereocenters. The van der Waals surface area contributed by atoms with Gasteiger partial charge in [-0.3, -0.25) is 4.99 Å². The maximum Gasteiger partial charge on any atom is 0.410 e. The molecule has 9 nitrogen and oxygen atoms in total. The zero-order valence-electron chi connectivity index (χ0n) is 22.9. The highest BCUT2D eigenvalue weighted by molar-refractivity contribution is 6.35. The van der Waals surface area contributed by atoms with Crippen LogP contribution in [0.4, 0.5) is 32.3 Å². The molecule has 0 radical (unpaired) electrons. The highest BCUT2D eigenvalue weighted by Gasteiger charge is 2.31. The van der Waals surface area contributed by atoms with E-state index in [1.165, 1.54) is 6.07 Å². The van der Waals surface area contributed by atoms with Gasteiger partial charge in [-0.25, -0.2) is 14.2 Å². The Balaban J connectivity index is 1.15. The number of fused-ring (bicyclic) bond motifs is 3. The molecule has 0 spiro atoms. The molecule has 206 valence electrons. The van der Waals surface area contributed by atoms with E-state index >= 15 is 4.39 Å². The van der Waals surface area contributed by atoms with Gasteiger partial charge in [0.15, 0.2) is 0 Å². The Morgan fingerprint density at radius 1 is 1.02 bits per heavy atom. The van der Waals surface area contributed by atoms with Crippen LogP contribution in [0.1, 0.15) is 31.9 Å². The van der Waals surface area contributed by atoms with Crippen LogP contribution in [0.3, 0.4) is 0 Å². The van der Waals surface area contributed by atoms with Gasteiger partial charge in [0.25, 0.3) is 0 Å². The number of anilines is 4. The Hall–Kier alpha value is -4.47. The molecule has 0 saturated carbocycles. The SMILES string of the molecule is CC(C)(C)OC(=O)N1CCN(c2ccc(Nc3ncc4c(n3)N3CCN=C3C(c3ccccc3)=C4)cc2F)CC1. The Morgan fingerprint density at radius 2 is 1.80 bits per heavy atom. The standard InChI is InChI=1S/C30H32FN7O2/c1-30(2,3)40-29(39)37-15-13-36(14-16-37)25-10-9-22(18-24(25)31)34-28-33-19-21-17-23(20-7-5-4-6-8-20)27-32-11-12-38(27)26(21)35-28/h4-10,17-19H,11-16H2,1-3H3,(H,33,34,35). The molecule has 4 heterocycles. The summed E-state index contributed by atoms with van der Waals surface area (Å²) in [5, 5.41) is 3.15. The van der Waals surface area contributed by atoms with Gasteiger partial charge in [-0.2, -0.15) is 4.98 Å². The third-order valence-corrected chi connectivity index (χ3v) is 6.99. The number of carbonyl (C=O) groups excluding carboxylic acids is 1. The average Bonchev–Trinajstić information content (AvgIpc) is 3.43. The first kappa shape index (κ1) is 25.8. The van der Waals surface area contributed by atoms with Crippen molar-refractivity contribution in [1.82, 2.24) is 14.9 Å². The maximum absolute atomic E-state index is 15.2. The first-order valence-corrected chi connectivity index (χ1v) is 13.5. The first-order chi connectivity index (χ1) is 19.2. The summed E-state index contributed by atoms with van der Waals surface area (Å²) in [6.45, 7) is 8.97. The zero-order valence-corrected chi connectivity index (χ0v) is 22.9. The van der Waals surface area contributed by atoms with Gasteiger partial charge in [0.2, 0.25) is 5.95 Å². The number of piperazine rings is 1. The number of carbonyl (C=O) groups is 1. The largest absolute Gasteiger partial charge is 0.444 e. The minimum absolute atomic E-state index is 0.337. The van der Waals surface area contributed by atoms with Gasteiger partial charge in [-0.1, -0.05) is 30.3 Å². The number of hydrogen-bond donors (Lipinski definition) is 1. The molecule has 1 N–H and O–H groups in total. The number of halogens is 1. The number of rotatable bonds is 4. The van der Waals surface area contributed by atoms with Crippen molar-refractivity contribution in [2.45, 2.75) is 26.4 Å². The second-order valence-electron chi connectivity index (χ2n) is 11.0. The van der Waals surface area contributed by atoms with Crippen LogP contribution in [0.25, 0.3) is 11.6 Å². The Bertz CT molecular complexity index is 1490. The fourth-order valence-corrected chi connectivity index (χ4v) is 5.12. The van der Waals surface area contributed by atoms with E-state index in [4.69, 9.17) is 14.7 Å². The molecular formula is C30H32FN7O2. The summed E-state index contributed by atoms with van der Waals surface area (Å²) in [6, 6.07) is 15.2. The van der Waals surface area contributed by atoms with Crippen molar-refractivity contribution < 1.29 is 13.9 Å². The number of aliphatic imine (C=N–C) groups is 1. The van der Waals surface area contributed by atoms with E-state index in [9.17, 15) is 4.79 Å². The van der Waals surface area contributed by atoms with Crippen molar-refractivity contribution >= 4 is 46.7 Å². The summed E-state index contributed by atoms with van der Waals surface area (Å²) in [5.41, 5.74) is 3.58. The van der Waals surface area contributed by atoms with Gasteiger partial charge in [-0.05, 0) is 50.6 Å². The molecule has 3 aromatic rings. The molecule has 1 fully saturated rings. The van der Waals surface area contributed by atoms with E-state index in [0.29, 0.717) is 50.0 Å². The summed E-state index contributed by atoms with van der Waals surface area (Å²) < 4.78 is 20.7. The fourth-order valence-electron chi connectivity index (χ4n) is 5.12. The van der Waals surface area contributed by atoms with E-state index in [-0.39, 0.29) is 11.9 Å². The molecule has 2 aromatic carbocycles. The minimum Gasteiger partial charge on any atom is -0.444 e. The normalized spacial score (nSPS) is 16.6. The van der Waals surface area contributed by atoms with Crippen molar-refractivity contribution in [3.63, 3.8) is 0 Å². The van der Waals surface area contributed by atoms with Crippen molar-refractivity contribution in [3.05, 3.63) is 71.7 Å². The lowest BCUT2D eigenvalue weighted by molar-refractivity contribution is 0.0240. The van der Waals surface area contributed by atoms with Crippen LogP contribution in [0.2, 0.25) is 0 Å². The lowest BCUT2D eigenvalue weighted by Gasteiger charge is -2.36. The smallest absolute Gasteiger partial charge is 0.410 e. The van der Waals surface area contributed by atoms with Crippen LogP contribution < -0.4 is 15.1 Å². The monoisotopic (exact) mass is 541 g/mol. The van der Waals surface area contributed by atoms with Crippen molar-refractivity contribution in [2.75, 3.05) is 54.4 Å². The highest BCUT2D eigenvalue weighted by atomic mass is 19.1. The number of ether oxygens (including phenoxy) is 1. The molecule has 6 rings (SSSR count). The predicted molar refractivity (Wildman–Crippen MR) is 156 cm³/mol. The molecule has 1 saturated heterocycles. The van der Waals surface area contributed by atoms with E-state index < -0.39 is 5.60 Å². The topological polar surface area (TPSA) is 86.2 Å². The zero-order chi connectivity index (χ0) is 27.9. The first-order valence-electron chi connectivity index (χ1n) is 13.5. The Morgan fingerprint density at radius 3 is 2.52 bits per heavy atom. The number of nitrogens with one attached hydrogen (secondary N) is 1. The van der Waals surface area contributed by atoms with Crippen molar-refractivity contribution in [1.29, 1.82) is 0 Å². The van der Waals surface area contributed by atoms with E-state index in [1.807, 2.05) is 49.9 Å². The third-order valence-electron chi connectivity index (χ3n) is 6.99.